The first-order valence-electron chi connectivity index (χ1n) is 5.62. The van der Waals surface area contributed by atoms with Crippen LogP contribution >= 0.6 is 0 Å². The van der Waals surface area contributed by atoms with E-state index in [2.05, 4.69) is 30.7 Å². The van der Waals surface area contributed by atoms with E-state index >= 15 is 0 Å². The summed E-state index contributed by atoms with van der Waals surface area (Å²) in [7, 11) is 0. The Morgan fingerprint density at radius 1 is 1.43 bits per heavy atom. The number of hydrogen-bond acceptors (Lipinski definition) is 1. The lowest BCUT2D eigenvalue weighted by molar-refractivity contribution is 0.145. The van der Waals surface area contributed by atoms with Crippen LogP contribution in [0.3, 0.4) is 0 Å². The minimum absolute atomic E-state index is 0.529. The van der Waals surface area contributed by atoms with Gasteiger partial charge in [0.1, 0.15) is 0 Å². The van der Waals surface area contributed by atoms with Crippen molar-refractivity contribution in [3.8, 4) is 0 Å². The van der Waals surface area contributed by atoms with Crippen LogP contribution in [0.4, 0.5) is 0 Å². The Hall–Kier alpha value is -0.730. The molecule has 0 amide bonds. The normalized spacial score (nSPS) is 34.7. The first-order chi connectivity index (χ1) is 6.56. The van der Waals surface area contributed by atoms with Crippen molar-refractivity contribution < 1.29 is 0 Å². The minimum atomic E-state index is 0.529. The molecule has 1 aliphatic heterocycles. The van der Waals surface area contributed by atoms with Gasteiger partial charge in [-0.3, -0.25) is 4.99 Å². The van der Waals surface area contributed by atoms with Crippen LogP contribution in [0.15, 0.2) is 4.99 Å². The van der Waals surface area contributed by atoms with E-state index in [1.54, 1.807) is 0 Å². The number of likely N-dealkylation sites (tertiary alicyclic amines) is 1. The first-order valence-corrected chi connectivity index (χ1v) is 5.62. The van der Waals surface area contributed by atoms with E-state index in [4.69, 9.17) is 5.73 Å². The van der Waals surface area contributed by atoms with Crippen LogP contribution in [0.5, 0.6) is 0 Å². The van der Waals surface area contributed by atoms with Crippen molar-refractivity contribution in [2.75, 3.05) is 13.1 Å². The van der Waals surface area contributed by atoms with E-state index in [-0.39, 0.29) is 0 Å². The molecule has 0 spiro atoms. The molecular formula is C11H23N3. The zero-order valence-electron chi connectivity index (χ0n) is 9.83. The van der Waals surface area contributed by atoms with Crippen molar-refractivity contribution in [2.45, 2.75) is 40.2 Å². The number of nitrogens with two attached hydrogens (primary N) is 1. The van der Waals surface area contributed by atoms with Crippen LogP contribution in [0.1, 0.15) is 34.1 Å². The smallest absolute Gasteiger partial charge is 0.191 e. The molecule has 0 aromatic heterocycles. The van der Waals surface area contributed by atoms with Gasteiger partial charge in [-0.1, -0.05) is 13.8 Å². The van der Waals surface area contributed by atoms with Gasteiger partial charge in [0.2, 0.25) is 0 Å². The number of guanidine groups is 1. The Morgan fingerprint density at radius 2 is 2.07 bits per heavy atom. The highest BCUT2D eigenvalue weighted by Gasteiger charge is 2.29. The molecule has 1 aliphatic rings. The fraction of sp³-hybridized carbons (Fsp3) is 0.909. The maximum absolute atomic E-state index is 5.95. The van der Waals surface area contributed by atoms with E-state index in [9.17, 15) is 0 Å². The maximum Gasteiger partial charge on any atom is 0.191 e. The molecule has 3 nitrogen and oxygen atoms in total. The molecule has 0 bridgehead atoms. The van der Waals surface area contributed by atoms with Crippen molar-refractivity contribution >= 4 is 5.96 Å². The lowest BCUT2D eigenvalue weighted by atomic mass is 9.86. The second kappa shape index (κ2) is 4.67. The first kappa shape index (κ1) is 11.3. The topological polar surface area (TPSA) is 41.6 Å². The van der Waals surface area contributed by atoms with Gasteiger partial charge in [0.25, 0.3) is 0 Å². The Labute approximate surface area is 87.4 Å². The molecule has 2 N–H and O–H groups in total. The van der Waals surface area contributed by atoms with E-state index in [0.717, 1.165) is 25.0 Å². The molecule has 0 aliphatic carbocycles. The summed E-state index contributed by atoms with van der Waals surface area (Å²) in [4.78, 5) is 6.54. The lowest BCUT2D eigenvalue weighted by Crippen LogP contribution is -2.51. The summed E-state index contributed by atoms with van der Waals surface area (Å²) in [5.74, 6) is 2.16. The average Bonchev–Trinajstić information content (AvgIpc) is 2.11. The molecule has 0 radical (unpaired) electrons. The minimum Gasteiger partial charge on any atom is -0.370 e. The van der Waals surface area contributed by atoms with Gasteiger partial charge in [0.15, 0.2) is 5.96 Å². The molecular weight excluding hydrogens is 174 g/mol. The molecule has 0 aromatic carbocycles. The summed E-state index contributed by atoms with van der Waals surface area (Å²) in [6, 6.07) is 0.529. The highest BCUT2D eigenvalue weighted by Crippen LogP contribution is 2.26. The molecule has 1 heterocycles. The number of hydrogen-bond donors (Lipinski definition) is 1. The fourth-order valence-electron chi connectivity index (χ4n) is 2.27. The molecule has 3 heteroatoms. The summed E-state index contributed by atoms with van der Waals surface area (Å²) < 4.78 is 0. The largest absolute Gasteiger partial charge is 0.370 e. The molecule has 3 atom stereocenters. The Kier molecular flexibility index (Phi) is 3.78. The molecule has 1 rings (SSSR count). The number of rotatable bonds is 1. The Bertz CT molecular complexity index is 213. The highest BCUT2D eigenvalue weighted by molar-refractivity contribution is 5.78. The number of nitrogens with zero attached hydrogens (tertiary/aromatic N) is 2. The fourth-order valence-corrected chi connectivity index (χ4v) is 2.27. The van der Waals surface area contributed by atoms with Crippen LogP contribution in [-0.4, -0.2) is 30.0 Å². The number of piperidine rings is 1. The highest BCUT2D eigenvalue weighted by atomic mass is 15.3. The summed E-state index contributed by atoms with van der Waals surface area (Å²) >= 11 is 0. The third-order valence-corrected chi connectivity index (χ3v) is 3.21. The van der Waals surface area contributed by atoms with E-state index in [1.807, 2.05) is 6.92 Å². The SMILES string of the molecule is CCN=C(N)N1CC(C)CC(C)C1C. The summed E-state index contributed by atoms with van der Waals surface area (Å²) in [5, 5.41) is 0. The van der Waals surface area contributed by atoms with Gasteiger partial charge in [0.05, 0.1) is 0 Å². The Morgan fingerprint density at radius 3 is 2.64 bits per heavy atom. The molecule has 3 unspecified atom stereocenters. The van der Waals surface area contributed by atoms with Gasteiger partial charge in [-0.2, -0.15) is 0 Å². The third-order valence-electron chi connectivity index (χ3n) is 3.21. The van der Waals surface area contributed by atoms with Gasteiger partial charge in [-0.15, -0.1) is 0 Å². The summed E-state index contributed by atoms with van der Waals surface area (Å²) in [6.07, 6.45) is 1.30. The molecule has 14 heavy (non-hydrogen) atoms. The van der Waals surface area contributed by atoms with Crippen molar-refractivity contribution in [3.63, 3.8) is 0 Å². The quantitative estimate of drug-likeness (QED) is 0.513. The molecule has 0 aromatic rings. The van der Waals surface area contributed by atoms with Crippen LogP contribution in [0.2, 0.25) is 0 Å². The predicted octanol–water partition coefficient (Wildman–Crippen LogP) is 1.69. The standard InChI is InChI=1S/C11H23N3/c1-5-13-11(12)14-7-8(2)6-9(3)10(14)4/h8-10H,5-7H2,1-4H3,(H2,12,13). The van der Waals surface area contributed by atoms with Crippen LogP contribution in [0.25, 0.3) is 0 Å². The van der Waals surface area contributed by atoms with Crippen LogP contribution < -0.4 is 5.73 Å². The van der Waals surface area contributed by atoms with Crippen molar-refractivity contribution in [2.24, 2.45) is 22.6 Å². The molecule has 0 saturated carbocycles. The second-order valence-electron chi connectivity index (χ2n) is 4.54. The monoisotopic (exact) mass is 197 g/mol. The second-order valence-corrected chi connectivity index (χ2v) is 4.54. The average molecular weight is 197 g/mol. The maximum atomic E-state index is 5.95. The van der Waals surface area contributed by atoms with Gasteiger partial charge in [-0.25, -0.2) is 0 Å². The van der Waals surface area contributed by atoms with Crippen LogP contribution in [0, 0.1) is 11.8 Å². The van der Waals surface area contributed by atoms with Gasteiger partial charge < -0.3 is 10.6 Å². The van der Waals surface area contributed by atoms with E-state index in [0.29, 0.717) is 12.0 Å². The lowest BCUT2D eigenvalue weighted by Gasteiger charge is -2.41. The predicted molar refractivity (Wildman–Crippen MR) is 61.3 cm³/mol. The summed E-state index contributed by atoms with van der Waals surface area (Å²) in [6.45, 7) is 10.7. The van der Waals surface area contributed by atoms with Gasteiger partial charge >= 0.3 is 0 Å². The van der Waals surface area contributed by atoms with Gasteiger partial charge in [-0.05, 0) is 32.1 Å². The van der Waals surface area contributed by atoms with Crippen LogP contribution in [-0.2, 0) is 0 Å². The van der Waals surface area contributed by atoms with Gasteiger partial charge in [0, 0.05) is 19.1 Å². The third kappa shape index (κ3) is 2.40. The zero-order valence-corrected chi connectivity index (χ0v) is 9.83. The number of aliphatic imine (C=N–C) groups is 1. The van der Waals surface area contributed by atoms with Crippen molar-refractivity contribution in [3.05, 3.63) is 0 Å². The molecule has 1 saturated heterocycles. The molecule has 1 fully saturated rings. The van der Waals surface area contributed by atoms with Crippen molar-refractivity contribution in [1.82, 2.24) is 4.90 Å². The van der Waals surface area contributed by atoms with E-state index in [1.165, 1.54) is 6.42 Å². The zero-order chi connectivity index (χ0) is 10.7. The summed E-state index contributed by atoms with van der Waals surface area (Å²) in [5.41, 5.74) is 5.95. The van der Waals surface area contributed by atoms with E-state index < -0.39 is 0 Å². The Balaban J connectivity index is 2.70. The molecule has 82 valence electrons. The van der Waals surface area contributed by atoms with Crippen molar-refractivity contribution in [1.29, 1.82) is 0 Å².